The van der Waals surface area contributed by atoms with Crippen molar-refractivity contribution in [2.45, 2.75) is 57.1 Å². The summed E-state index contributed by atoms with van der Waals surface area (Å²) in [5, 5.41) is 3.31. The number of methoxy groups -OCH3 is 1. The van der Waals surface area contributed by atoms with Crippen molar-refractivity contribution in [2.24, 2.45) is 0 Å². The second-order valence-electron chi connectivity index (χ2n) is 11.2. The second-order valence-corrected chi connectivity index (χ2v) is 13.5. The zero-order valence-corrected chi connectivity index (χ0v) is 28.1. The molecule has 0 spiro atoms. The van der Waals surface area contributed by atoms with Crippen molar-refractivity contribution in [3.8, 4) is 5.75 Å². The fraction of sp³-hybridized carbons (Fsp3) is 0.278. The Hall–Kier alpha value is -4.34. The number of rotatable bonds is 14. The molecule has 10 heteroatoms. The molecule has 0 aliphatic heterocycles. The summed E-state index contributed by atoms with van der Waals surface area (Å²) in [5.74, 6) is -0.671. The molecule has 1 N–H and O–H groups in total. The lowest BCUT2D eigenvalue weighted by atomic mass is 10.0. The number of anilines is 1. The summed E-state index contributed by atoms with van der Waals surface area (Å²) in [5.41, 5.74) is 2.64. The van der Waals surface area contributed by atoms with Gasteiger partial charge in [0.05, 0.1) is 17.7 Å². The van der Waals surface area contributed by atoms with Crippen molar-refractivity contribution in [3.05, 3.63) is 125 Å². The van der Waals surface area contributed by atoms with Crippen LogP contribution in [0, 0.1) is 6.92 Å². The average molecular weight is 662 g/mol. The number of halogens is 1. The molecule has 46 heavy (non-hydrogen) atoms. The number of hydrogen-bond acceptors (Lipinski definition) is 5. The molecule has 242 valence electrons. The zero-order chi connectivity index (χ0) is 33.3. The summed E-state index contributed by atoms with van der Waals surface area (Å²) in [6, 6.07) is 28.7. The van der Waals surface area contributed by atoms with E-state index in [0.717, 1.165) is 21.0 Å². The molecular formula is C36H40ClN3O5S. The van der Waals surface area contributed by atoms with Gasteiger partial charge < -0.3 is 15.0 Å². The quantitative estimate of drug-likeness (QED) is 0.169. The van der Waals surface area contributed by atoms with Crippen LogP contribution in [0.1, 0.15) is 37.0 Å². The van der Waals surface area contributed by atoms with E-state index >= 15 is 0 Å². The normalized spacial score (nSPS) is 12.5. The van der Waals surface area contributed by atoms with E-state index < -0.39 is 28.5 Å². The SMILES string of the molecule is CC[C@@H](C)NC(=O)[C@H](Cc1ccccc1)N(Cc1ccccc1)C(=O)CN(c1cc(Cl)ccc1OC)S(=O)(=O)c1ccc(C)cc1. The first-order valence-electron chi connectivity index (χ1n) is 15.1. The summed E-state index contributed by atoms with van der Waals surface area (Å²) in [6.45, 7) is 5.20. The van der Waals surface area contributed by atoms with Crippen LogP contribution in [0.2, 0.25) is 5.02 Å². The van der Waals surface area contributed by atoms with Gasteiger partial charge in [-0.2, -0.15) is 0 Å². The average Bonchev–Trinajstić information content (AvgIpc) is 3.06. The highest BCUT2D eigenvalue weighted by atomic mass is 35.5. The maximum absolute atomic E-state index is 14.6. The molecule has 2 amide bonds. The molecule has 8 nitrogen and oxygen atoms in total. The summed E-state index contributed by atoms with van der Waals surface area (Å²) in [6.07, 6.45) is 0.931. The number of nitrogens with zero attached hydrogens (tertiary/aromatic N) is 2. The lowest BCUT2D eigenvalue weighted by Crippen LogP contribution is -2.54. The van der Waals surface area contributed by atoms with Gasteiger partial charge in [-0.25, -0.2) is 8.42 Å². The van der Waals surface area contributed by atoms with E-state index in [-0.39, 0.29) is 46.3 Å². The summed E-state index contributed by atoms with van der Waals surface area (Å²) >= 11 is 6.36. The molecule has 0 radical (unpaired) electrons. The van der Waals surface area contributed by atoms with Gasteiger partial charge >= 0.3 is 0 Å². The molecule has 4 aromatic carbocycles. The number of hydrogen-bond donors (Lipinski definition) is 1. The lowest BCUT2D eigenvalue weighted by Gasteiger charge is -2.34. The van der Waals surface area contributed by atoms with Crippen LogP contribution in [-0.4, -0.2) is 50.9 Å². The van der Waals surface area contributed by atoms with Gasteiger partial charge in [-0.1, -0.05) is 96.9 Å². The first-order chi connectivity index (χ1) is 22.0. The topological polar surface area (TPSA) is 96.0 Å². The first kappa shape index (κ1) is 34.5. The first-order valence-corrected chi connectivity index (χ1v) is 17.0. The molecule has 0 heterocycles. The molecule has 0 aromatic heterocycles. The molecule has 0 bridgehead atoms. The third kappa shape index (κ3) is 8.68. The minimum atomic E-state index is -4.30. The van der Waals surface area contributed by atoms with Gasteiger partial charge in [-0.15, -0.1) is 0 Å². The van der Waals surface area contributed by atoms with Crippen LogP contribution in [0.5, 0.6) is 5.75 Å². The van der Waals surface area contributed by atoms with Crippen LogP contribution in [0.3, 0.4) is 0 Å². The zero-order valence-electron chi connectivity index (χ0n) is 26.5. The Bertz CT molecular complexity index is 1720. The highest BCUT2D eigenvalue weighted by Crippen LogP contribution is 2.35. The van der Waals surface area contributed by atoms with E-state index in [4.69, 9.17) is 16.3 Å². The van der Waals surface area contributed by atoms with Crippen LogP contribution in [0.4, 0.5) is 5.69 Å². The minimum absolute atomic E-state index is 0.00196. The maximum Gasteiger partial charge on any atom is 0.264 e. The van der Waals surface area contributed by atoms with Gasteiger partial charge in [0, 0.05) is 24.0 Å². The number of amides is 2. The van der Waals surface area contributed by atoms with Crippen molar-refractivity contribution >= 4 is 39.1 Å². The minimum Gasteiger partial charge on any atom is -0.495 e. The Labute approximate surface area is 277 Å². The number of carbonyl (C=O) groups excluding carboxylic acids is 2. The third-order valence-electron chi connectivity index (χ3n) is 7.77. The lowest BCUT2D eigenvalue weighted by molar-refractivity contribution is -0.140. The molecule has 0 fully saturated rings. The fourth-order valence-electron chi connectivity index (χ4n) is 4.98. The molecule has 0 saturated heterocycles. The van der Waals surface area contributed by atoms with Crippen LogP contribution in [-0.2, 0) is 32.6 Å². The molecule has 0 saturated carbocycles. The Morgan fingerprint density at radius 1 is 0.891 bits per heavy atom. The van der Waals surface area contributed by atoms with Gasteiger partial charge in [-0.3, -0.25) is 13.9 Å². The standard InChI is InChI=1S/C36H40ClN3O5S/c1-5-27(3)38-36(42)33(22-28-12-8-6-9-13-28)39(24-29-14-10-7-11-15-29)35(41)25-40(32-23-30(37)18-21-34(32)45-4)46(43,44)31-19-16-26(2)17-20-31/h6-21,23,27,33H,5,22,24-25H2,1-4H3,(H,38,42)/t27-,33+/m1/s1. The van der Waals surface area contributed by atoms with Crippen molar-refractivity contribution < 1.29 is 22.7 Å². The van der Waals surface area contributed by atoms with Crippen molar-refractivity contribution in [2.75, 3.05) is 18.0 Å². The number of benzene rings is 4. The van der Waals surface area contributed by atoms with Gasteiger partial charge in [0.1, 0.15) is 18.3 Å². The van der Waals surface area contributed by atoms with E-state index in [9.17, 15) is 18.0 Å². The van der Waals surface area contributed by atoms with E-state index in [2.05, 4.69) is 5.32 Å². The molecule has 0 aliphatic carbocycles. The predicted octanol–water partition coefficient (Wildman–Crippen LogP) is 6.41. The highest BCUT2D eigenvalue weighted by molar-refractivity contribution is 7.92. The molecule has 2 atom stereocenters. The number of aryl methyl sites for hydroxylation is 1. The number of sulfonamides is 1. The summed E-state index contributed by atoms with van der Waals surface area (Å²) in [4.78, 5) is 30.0. The van der Waals surface area contributed by atoms with Gasteiger partial charge in [-0.05, 0) is 61.7 Å². The smallest absolute Gasteiger partial charge is 0.264 e. The highest BCUT2D eigenvalue weighted by Gasteiger charge is 2.36. The monoisotopic (exact) mass is 661 g/mol. The van der Waals surface area contributed by atoms with Crippen LogP contribution in [0.25, 0.3) is 0 Å². The van der Waals surface area contributed by atoms with Crippen molar-refractivity contribution in [1.82, 2.24) is 10.2 Å². The molecular weight excluding hydrogens is 622 g/mol. The van der Waals surface area contributed by atoms with Crippen molar-refractivity contribution in [1.29, 1.82) is 0 Å². The number of carbonyl (C=O) groups is 2. The molecule has 4 rings (SSSR count). The Morgan fingerprint density at radius 2 is 1.50 bits per heavy atom. The van der Waals surface area contributed by atoms with E-state index in [1.807, 2.05) is 81.4 Å². The third-order valence-corrected chi connectivity index (χ3v) is 9.77. The summed E-state index contributed by atoms with van der Waals surface area (Å²) in [7, 11) is -2.88. The van der Waals surface area contributed by atoms with Gasteiger partial charge in [0.2, 0.25) is 11.8 Å². The van der Waals surface area contributed by atoms with Crippen molar-refractivity contribution in [3.63, 3.8) is 0 Å². The summed E-state index contributed by atoms with van der Waals surface area (Å²) < 4.78 is 35.1. The van der Waals surface area contributed by atoms with Gasteiger partial charge in [0.25, 0.3) is 10.0 Å². The Kier molecular flexibility index (Phi) is 11.8. The maximum atomic E-state index is 14.6. The van der Waals surface area contributed by atoms with E-state index in [1.165, 1.54) is 30.2 Å². The van der Waals surface area contributed by atoms with Crippen LogP contribution < -0.4 is 14.4 Å². The van der Waals surface area contributed by atoms with Crippen LogP contribution in [0.15, 0.2) is 108 Å². The Balaban J connectivity index is 1.84. The van der Waals surface area contributed by atoms with E-state index in [0.29, 0.717) is 6.42 Å². The molecule has 0 unspecified atom stereocenters. The Morgan fingerprint density at radius 3 is 2.09 bits per heavy atom. The number of ether oxygens (including phenoxy) is 1. The molecule has 0 aliphatic rings. The van der Waals surface area contributed by atoms with Gasteiger partial charge in [0.15, 0.2) is 0 Å². The fourth-order valence-corrected chi connectivity index (χ4v) is 6.57. The molecule has 4 aromatic rings. The number of nitrogens with one attached hydrogen (secondary N) is 1. The second kappa shape index (κ2) is 15.8. The predicted molar refractivity (Wildman–Crippen MR) is 183 cm³/mol. The van der Waals surface area contributed by atoms with E-state index in [1.54, 1.807) is 24.3 Å². The largest absolute Gasteiger partial charge is 0.495 e. The van der Waals surface area contributed by atoms with Crippen LogP contribution >= 0.6 is 11.6 Å².